The van der Waals surface area contributed by atoms with Gasteiger partial charge in [0.05, 0.1) is 13.5 Å². The van der Waals surface area contributed by atoms with Crippen molar-refractivity contribution in [1.82, 2.24) is 0 Å². The molecule has 3 nitrogen and oxygen atoms in total. The Morgan fingerprint density at radius 1 is 1.26 bits per heavy atom. The third kappa shape index (κ3) is 3.80. The summed E-state index contributed by atoms with van der Waals surface area (Å²) in [6.45, 7) is 0. The van der Waals surface area contributed by atoms with Gasteiger partial charge in [-0.3, -0.25) is 4.79 Å². The number of rotatable bonds is 4. The second kappa shape index (κ2) is 6.71. The fraction of sp³-hybridized carbons (Fsp3) is 0.562. The minimum absolute atomic E-state index is 0.235. The Hall–Kier alpha value is -1.35. The van der Waals surface area contributed by atoms with Gasteiger partial charge in [0.15, 0.2) is 0 Å². The Balaban J connectivity index is 1.99. The molecule has 0 spiro atoms. The van der Waals surface area contributed by atoms with Gasteiger partial charge in [-0.05, 0) is 29.9 Å². The molecular formula is C16H23NO2. The normalized spacial score (nSPS) is 18.0. The molecule has 0 amide bonds. The zero-order valence-corrected chi connectivity index (χ0v) is 11.6. The maximum atomic E-state index is 11.2. The summed E-state index contributed by atoms with van der Waals surface area (Å²) in [5.41, 5.74) is 8.41. The van der Waals surface area contributed by atoms with E-state index in [1.54, 1.807) is 0 Å². The van der Waals surface area contributed by atoms with Crippen molar-refractivity contribution >= 4 is 5.97 Å². The predicted molar refractivity (Wildman–Crippen MR) is 75.8 cm³/mol. The fourth-order valence-electron chi connectivity index (χ4n) is 2.83. The first-order valence-electron chi connectivity index (χ1n) is 7.13. The van der Waals surface area contributed by atoms with Crippen LogP contribution in [-0.4, -0.2) is 13.1 Å². The van der Waals surface area contributed by atoms with Gasteiger partial charge in [-0.15, -0.1) is 0 Å². The van der Waals surface area contributed by atoms with E-state index in [9.17, 15) is 4.79 Å². The molecular weight excluding hydrogens is 238 g/mol. The smallest absolute Gasteiger partial charge is 0.307 e. The second-order valence-corrected chi connectivity index (χ2v) is 5.39. The van der Waals surface area contributed by atoms with Gasteiger partial charge in [0.2, 0.25) is 0 Å². The molecule has 1 aliphatic rings. The van der Waals surface area contributed by atoms with E-state index in [2.05, 4.69) is 29.0 Å². The van der Waals surface area contributed by atoms with E-state index in [0.29, 0.717) is 5.92 Å². The van der Waals surface area contributed by atoms with Crippen molar-refractivity contribution in [2.45, 2.75) is 50.5 Å². The Morgan fingerprint density at radius 2 is 1.89 bits per heavy atom. The molecule has 0 aromatic heterocycles. The minimum atomic E-state index is -0.271. The van der Waals surface area contributed by atoms with Crippen molar-refractivity contribution < 1.29 is 9.53 Å². The molecule has 19 heavy (non-hydrogen) atoms. The average Bonchev–Trinajstić information content (AvgIpc) is 2.48. The Morgan fingerprint density at radius 3 is 2.47 bits per heavy atom. The van der Waals surface area contributed by atoms with E-state index in [1.807, 2.05) is 0 Å². The zero-order valence-electron chi connectivity index (χ0n) is 11.6. The van der Waals surface area contributed by atoms with Crippen molar-refractivity contribution in [2.75, 3.05) is 7.11 Å². The number of hydrogen-bond acceptors (Lipinski definition) is 3. The number of esters is 1. The van der Waals surface area contributed by atoms with Crippen LogP contribution in [0.1, 0.15) is 61.6 Å². The van der Waals surface area contributed by atoms with Crippen LogP contribution in [0.4, 0.5) is 0 Å². The van der Waals surface area contributed by atoms with Gasteiger partial charge in [0.25, 0.3) is 0 Å². The monoisotopic (exact) mass is 261 g/mol. The van der Waals surface area contributed by atoms with Crippen LogP contribution < -0.4 is 5.73 Å². The third-order valence-electron chi connectivity index (χ3n) is 4.06. The van der Waals surface area contributed by atoms with Gasteiger partial charge in [0, 0.05) is 6.04 Å². The minimum Gasteiger partial charge on any atom is -0.469 e. The van der Waals surface area contributed by atoms with Gasteiger partial charge < -0.3 is 10.5 Å². The molecule has 1 saturated carbocycles. The first kappa shape index (κ1) is 14.1. The standard InChI is InChI=1S/C16H23NO2/c1-19-16(18)11-15(17)14-9-7-13(8-10-14)12-5-3-2-4-6-12/h7-10,12,15H,2-6,11,17H2,1H3. The molecule has 2 rings (SSSR count). The molecule has 3 heteroatoms. The van der Waals surface area contributed by atoms with Crippen LogP contribution in [0.3, 0.4) is 0 Å². The van der Waals surface area contributed by atoms with Gasteiger partial charge in [-0.2, -0.15) is 0 Å². The topological polar surface area (TPSA) is 52.3 Å². The molecule has 1 atom stereocenters. The van der Waals surface area contributed by atoms with E-state index in [1.165, 1.54) is 44.8 Å². The average molecular weight is 261 g/mol. The Labute approximate surface area is 115 Å². The molecule has 1 fully saturated rings. The summed E-state index contributed by atoms with van der Waals surface area (Å²) in [5, 5.41) is 0. The molecule has 0 saturated heterocycles. The van der Waals surface area contributed by atoms with Crippen LogP contribution in [0, 0.1) is 0 Å². The van der Waals surface area contributed by atoms with Crippen LogP contribution in [0.15, 0.2) is 24.3 Å². The summed E-state index contributed by atoms with van der Waals surface area (Å²) in [6, 6.07) is 8.17. The lowest BCUT2D eigenvalue weighted by atomic mass is 9.83. The third-order valence-corrected chi connectivity index (χ3v) is 4.06. The van der Waals surface area contributed by atoms with Crippen LogP contribution in [0.5, 0.6) is 0 Å². The number of carbonyl (C=O) groups is 1. The number of carbonyl (C=O) groups excluding carboxylic acids is 1. The predicted octanol–water partition coefficient (Wildman–Crippen LogP) is 3.30. The highest BCUT2D eigenvalue weighted by molar-refractivity contribution is 5.70. The summed E-state index contributed by atoms with van der Waals surface area (Å²) in [5.74, 6) is 0.448. The summed E-state index contributed by atoms with van der Waals surface area (Å²) in [7, 11) is 1.39. The number of hydrogen-bond donors (Lipinski definition) is 1. The number of benzene rings is 1. The molecule has 104 valence electrons. The highest BCUT2D eigenvalue weighted by atomic mass is 16.5. The molecule has 1 aromatic carbocycles. The van der Waals surface area contributed by atoms with Gasteiger partial charge in [0.1, 0.15) is 0 Å². The van der Waals surface area contributed by atoms with E-state index in [0.717, 1.165) is 5.56 Å². The lowest BCUT2D eigenvalue weighted by Gasteiger charge is -2.22. The van der Waals surface area contributed by atoms with Gasteiger partial charge >= 0.3 is 5.97 Å². The van der Waals surface area contributed by atoms with Crippen LogP contribution in [0.2, 0.25) is 0 Å². The molecule has 0 aliphatic heterocycles. The van der Waals surface area contributed by atoms with E-state index in [-0.39, 0.29) is 18.4 Å². The van der Waals surface area contributed by atoms with E-state index >= 15 is 0 Å². The quantitative estimate of drug-likeness (QED) is 0.846. The lowest BCUT2D eigenvalue weighted by molar-refractivity contribution is -0.141. The van der Waals surface area contributed by atoms with Crippen LogP contribution in [0.25, 0.3) is 0 Å². The lowest BCUT2D eigenvalue weighted by Crippen LogP contribution is -2.16. The molecule has 0 heterocycles. The first-order chi connectivity index (χ1) is 9.20. The Kier molecular flexibility index (Phi) is 4.97. The zero-order chi connectivity index (χ0) is 13.7. The van der Waals surface area contributed by atoms with Crippen molar-refractivity contribution in [3.8, 4) is 0 Å². The maximum absolute atomic E-state index is 11.2. The second-order valence-electron chi connectivity index (χ2n) is 5.39. The van der Waals surface area contributed by atoms with E-state index in [4.69, 9.17) is 5.73 Å². The molecule has 0 bridgehead atoms. The molecule has 1 unspecified atom stereocenters. The molecule has 0 radical (unpaired) electrons. The van der Waals surface area contributed by atoms with Crippen LogP contribution in [-0.2, 0) is 9.53 Å². The molecule has 1 aliphatic carbocycles. The largest absolute Gasteiger partial charge is 0.469 e. The summed E-state index contributed by atoms with van der Waals surface area (Å²) >= 11 is 0. The number of methoxy groups -OCH3 is 1. The van der Waals surface area contributed by atoms with Crippen molar-refractivity contribution in [3.05, 3.63) is 35.4 Å². The van der Waals surface area contributed by atoms with Crippen molar-refractivity contribution in [1.29, 1.82) is 0 Å². The molecule has 1 aromatic rings. The SMILES string of the molecule is COC(=O)CC(N)c1ccc(C2CCCCC2)cc1. The van der Waals surface area contributed by atoms with Crippen molar-refractivity contribution in [2.24, 2.45) is 5.73 Å². The summed E-state index contributed by atoms with van der Waals surface area (Å²) < 4.78 is 4.64. The molecule has 2 N–H and O–H groups in total. The Bertz CT molecular complexity index is 407. The van der Waals surface area contributed by atoms with Crippen molar-refractivity contribution in [3.63, 3.8) is 0 Å². The van der Waals surface area contributed by atoms with Gasteiger partial charge in [-0.1, -0.05) is 43.5 Å². The summed E-state index contributed by atoms with van der Waals surface area (Å²) in [4.78, 5) is 11.2. The number of ether oxygens (including phenoxy) is 1. The van der Waals surface area contributed by atoms with Gasteiger partial charge in [-0.25, -0.2) is 0 Å². The highest BCUT2D eigenvalue weighted by Gasteiger charge is 2.16. The maximum Gasteiger partial charge on any atom is 0.307 e. The van der Waals surface area contributed by atoms with E-state index < -0.39 is 0 Å². The first-order valence-corrected chi connectivity index (χ1v) is 7.13. The summed E-state index contributed by atoms with van der Waals surface area (Å²) in [6.07, 6.45) is 6.89. The fourth-order valence-corrected chi connectivity index (χ4v) is 2.83. The highest BCUT2D eigenvalue weighted by Crippen LogP contribution is 2.33. The van der Waals surface area contributed by atoms with Crippen LogP contribution >= 0.6 is 0 Å². The number of nitrogens with two attached hydrogens (primary N) is 1.